The van der Waals surface area contributed by atoms with Crippen LogP contribution < -0.4 is 10.0 Å². The Kier molecular flexibility index (Phi) is 5.26. The molecule has 0 radical (unpaired) electrons. The second-order valence-electron chi connectivity index (χ2n) is 5.53. The van der Waals surface area contributed by atoms with Crippen LogP contribution in [0.1, 0.15) is 16.7 Å². The Hall–Kier alpha value is -2.38. The molecule has 1 amide bonds. The molecule has 0 bridgehead atoms. The highest BCUT2D eigenvalue weighted by Gasteiger charge is 2.19. The van der Waals surface area contributed by atoms with Gasteiger partial charge in [-0.2, -0.15) is 0 Å². The molecule has 2 N–H and O–H groups in total. The Morgan fingerprint density at radius 2 is 1.79 bits per heavy atom. The van der Waals surface area contributed by atoms with E-state index in [1.807, 2.05) is 30.3 Å². The first kappa shape index (κ1) is 18.0. The summed E-state index contributed by atoms with van der Waals surface area (Å²) in [5, 5.41) is 5.19. The minimum atomic E-state index is -3.86. The number of sulfonamides is 1. The molecule has 0 aliphatic heterocycles. The minimum absolute atomic E-state index is 0.0386. The molecule has 0 saturated carbocycles. The van der Waals surface area contributed by atoms with Gasteiger partial charge in [0.05, 0.1) is 10.6 Å². The van der Waals surface area contributed by atoms with Crippen molar-refractivity contribution in [1.29, 1.82) is 0 Å². The first-order valence-electron chi connectivity index (χ1n) is 7.28. The SMILES string of the molecule is Cc1cc(S(N)(=O)=O)cc(N(C)C(=O)OCc2ccccc2)c1C. The standard InChI is InChI=1S/C17H20N2O4S/c1-12-9-15(24(18,21)22)10-16(13(12)2)19(3)17(20)23-11-14-7-5-4-6-8-14/h4-10H,11H2,1-3H3,(H2,18,21,22). The van der Waals surface area contributed by atoms with Gasteiger partial charge in [0.2, 0.25) is 10.0 Å². The number of hydrogen-bond acceptors (Lipinski definition) is 4. The lowest BCUT2D eigenvalue weighted by molar-refractivity contribution is 0.148. The predicted molar refractivity (Wildman–Crippen MR) is 92.3 cm³/mol. The van der Waals surface area contributed by atoms with E-state index in [4.69, 9.17) is 9.88 Å². The number of nitrogens with zero attached hydrogens (tertiary/aromatic N) is 1. The molecule has 0 unspecified atom stereocenters. The molecule has 2 rings (SSSR count). The second-order valence-corrected chi connectivity index (χ2v) is 7.09. The highest BCUT2D eigenvalue weighted by molar-refractivity contribution is 7.89. The Labute approximate surface area is 141 Å². The van der Waals surface area contributed by atoms with Gasteiger partial charge in [-0.3, -0.25) is 4.90 Å². The van der Waals surface area contributed by atoms with E-state index in [0.29, 0.717) is 5.69 Å². The third kappa shape index (κ3) is 4.12. The smallest absolute Gasteiger partial charge is 0.414 e. The van der Waals surface area contributed by atoms with E-state index in [0.717, 1.165) is 16.7 Å². The number of nitrogens with two attached hydrogens (primary N) is 1. The molecule has 6 nitrogen and oxygen atoms in total. The van der Waals surface area contributed by atoms with Crippen LogP contribution in [-0.4, -0.2) is 21.6 Å². The van der Waals surface area contributed by atoms with Crippen molar-refractivity contribution in [3.8, 4) is 0 Å². The summed E-state index contributed by atoms with van der Waals surface area (Å²) in [5.74, 6) is 0. The van der Waals surface area contributed by atoms with Gasteiger partial charge in [-0.15, -0.1) is 0 Å². The summed E-state index contributed by atoms with van der Waals surface area (Å²) in [5.41, 5.74) is 2.81. The molecule has 24 heavy (non-hydrogen) atoms. The topological polar surface area (TPSA) is 89.7 Å². The van der Waals surface area contributed by atoms with Crippen molar-refractivity contribution < 1.29 is 17.9 Å². The zero-order valence-corrected chi connectivity index (χ0v) is 14.6. The average molecular weight is 348 g/mol. The first-order valence-corrected chi connectivity index (χ1v) is 8.83. The number of carbonyl (C=O) groups is 1. The molecule has 2 aromatic rings. The van der Waals surface area contributed by atoms with E-state index in [1.54, 1.807) is 13.8 Å². The van der Waals surface area contributed by atoms with Crippen LogP contribution in [0.3, 0.4) is 0 Å². The predicted octanol–water partition coefficient (Wildman–Crippen LogP) is 2.72. The van der Waals surface area contributed by atoms with Gasteiger partial charge >= 0.3 is 6.09 Å². The summed E-state index contributed by atoms with van der Waals surface area (Å²) in [4.78, 5) is 13.5. The van der Waals surface area contributed by atoms with E-state index in [1.165, 1.54) is 24.1 Å². The molecule has 0 heterocycles. The number of aryl methyl sites for hydroxylation is 1. The second kappa shape index (κ2) is 7.02. The van der Waals surface area contributed by atoms with Crippen molar-refractivity contribution in [2.75, 3.05) is 11.9 Å². The van der Waals surface area contributed by atoms with Crippen LogP contribution in [0.2, 0.25) is 0 Å². The van der Waals surface area contributed by atoms with E-state index >= 15 is 0 Å². The maximum absolute atomic E-state index is 12.3. The number of primary sulfonamides is 1. The lowest BCUT2D eigenvalue weighted by atomic mass is 10.1. The van der Waals surface area contributed by atoms with Crippen LogP contribution in [0, 0.1) is 13.8 Å². The van der Waals surface area contributed by atoms with Crippen LogP contribution in [-0.2, 0) is 21.4 Å². The summed E-state index contributed by atoms with van der Waals surface area (Å²) in [6.07, 6.45) is -0.576. The normalized spacial score (nSPS) is 11.2. The van der Waals surface area contributed by atoms with Crippen LogP contribution in [0.5, 0.6) is 0 Å². The Morgan fingerprint density at radius 1 is 1.17 bits per heavy atom. The molecule has 0 fully saturated rings. The molecule has 0 spiro atoms. The number of carbonyl (C=O) groups excluding carboxylic acids is 1. The quantitative estimate of drug-likeness (QED) is 0.920. The fourth-order valence-electron chi connectivity index (χ4n) is 2.24. The Balaban J connectivity index is 2.23. The molecule has 0 saturated heterocycles. The van der Waals surface area contributed by atoms with E-state index in [9.17, 15) is 13.2 Å². The van der Waals surface area contributed by atoms with Gasteiger partial charge in [0.15, 0.2) is 0 Å². The third-order valence-corrected chi connectivity index (χ3v) is 4.68. The molecular weight excluding hydrogens is 328 g/mol. The largest absolute Gasteiger partial charge is 0.444 e. The molecule has 0 aliphatic carbocycles. The summed E-state index contributed by atoms with van der Waals surface area (Å²) < 4.78 is 28.5. The number of hydrogen-bond donors (Lipinski definition) is 1. The molecule has 0 atom stereocenters. The minimum Gasteiger partial charge on any atom is -0.444 e. The molecule has 2 aromatic carbocycles. The van der Waals surface area contributed by atoms with Gasteiger partial charge in [-0.05, 0) is 42.7 Å². The fraction of sp³-hybridized carbons (Fsp3) is 0.235. The summed E-state index contributed by atoms with van der Waals surface area (Å²) >= 11 is 0. The maximum atomic E-state index is 12.3. The third-order valence-electron chi connectivity index (χ3n) is 3.78. The summed E-state index contributed by atoms with van der Waals surface area (Å²) in [6.45, 7) is 3.70. The summed E-state index contributed by atoms with van der Waals surface area (Å²) in [7, 11) is -2.33. The average Bonchev–Trinajstić information content (AvgIpc) is 2.54. The maximum Gasteiger partial charge on any atom is 0.414 e. The number of anilines is 1. The molecule has 0 aliphatic rings. The summed E-state index contributed by atoms with van der Waals surface area (Å²) in [6, 6.07) is 12.2. The van der Waals surface area contributed by atoms with E-state index in [-0.39, 0.29) is 11.5 Å². The first-order chi connectivity index (χ1) is 11.2. The van der Waals surface area contributed by atoms with Crippen LogP contribution in [0.4, 0.5) is 10.5 Å². The van der Waals surface area contributed by atoms with E-state index < -0.39 is 16.1 Å². The van der Waals surface area contributed by atoms with Crippen molar-refractivity contribution in [3.63, 3.8) is 0 Å². The zero-order chi connectivity index (χ0) is 17.9. The van der Waals surface area contributed by atoms with Gasteiger partial charge in [0.1, 0.15) is 6.61 Å². The lowest BCUT2D eigenvalue weighted by Gasteiger charge is -2.21. The van der Waals surface area contributed by atoms with Gasteiger partial charge in [0, 0.05) is 7.05 Å². The van der Waals surface area contributed by atoms with Crippen LogP contribution in [0.15, 0.2) is 47.4 Å². The van der Waals surface area contributed by atoms with Crippen LogP contribution in [0.25, 0.3) is 0 Å². The molecule has 128 valence electrons. The number of rotatable bonds is 4. The Bertz CT molecular complexity index is 848. The highest BCUT2D eigenvalue weighted by atomic mass is 32.2. The molecule has 7 heteroatoms. The number of benzene rings is 2. The van der Waals surface area contributed by atoms with Crippen LogP contribution >= 0.6 is 0 Å². The van der Waals surface area contributed by atoms with Gasteiger partial charge in [0.25, 0.3) is 0 Å². The molecular formula is C17H20N2O4S. The van der Waals surface area contributed by atoms with Gasteiger partial charge < -0.3 is 4.74 Å². The van der Waals surface area contributed by atoms with Crippen molar-refractivity contribution in [2.24, 2.45) is 5.14 Å². The monoisotopic (exact) mass is 348 g/mol. The van der Waals surface area contributed by atoms with Gasteiger partial charge in [-0.1, -0.05) is 30.3 Å². The zero-order valence-electron chi connectivity index (χ0n) is 13.8. The van der Waals surface area contributed by atoms with Gasteiger partial charge in [-0.25, -0.2) is 18.4 Å². The van der Waals surface area contributed by atoms with Crippen molar-refractivity contribution in [1.82, 2.24) is 0 Å². The fourth-order valence-corrected chi connectivity index (χ4v) is 2.85. The number of ether oxygens (including phenoxy) is 1. The van der Waals surface area contributed by atoms with Crippen molar-refractivity contribution in [3.05, 3.63) is 59.2 Å². The van der Waals surface area contributed by atoms with Crippen molar-refractivity contribution in [2.45, 2.75) is 25.3 Å². The van der Waals surface area contributed by atoms with Crippen molar-refractivity contribution >= 4 is 21.8 Å². The highest BCUT2D eigenvalue weighted by Crippen LogP contribution is 2.26. The lowest BCUT2D eigenvalue weighted by Crippen LogP contribution is -2.28. The van der Waals surface area contributed by atoms with E-state index in [2.05, 4.69) is 0 Å². The Morgan fingerprint density at radius 3 is 2.38 bits per heavy atom. The number of amides is 1. The molecule has 0 aromatic heterocycles.